The average Bonchev–Trinajstić information content (AvgIpc) is 3.08. The Hall–Kier alpha value is -3.02. The summed E-state index contributed by atoms with van der Waals surface area (Å²) in [4.78, 5) is 30.8. The van der Waals surface area contributed by atoms with E-state index in [0.29, 0.717) is 5.82 Å². The maximum atomic E-state index is 13.0. The molecule has 3 aromatic rings. The second kappa shape index (κ2) is 5.24. The summed E-state index contributed by atoms with van der Waals surface area (Å²) in [7, 11) is 0. The number of anilines is 2. The first-order valence-corrected chi connectivity index (χ1v) is 8.18. The minimum Gasteiger partial charge on any atom is -0.347 e. The molecule has 3 heterocycles. The summed E-state index contributed by atoms with van der Waals surface area (Å²) in [6.45, 7) is 7.62. The van der Waals surface area contributed by atoms with Crippen LogP contribution in [0.3, 0.4) is 0 Å². The molecule has 0 spiro atoms. The number of aryl methyl sites for hydroxylation is 2. The first kappa shape index (κ1) is 15.5. The number of amides is 1. The van der Waals surface area contributed by atoms with Gasteiger partial charge in [0.05, 0.1) is 11.1 Å². The summed E-state index contributed by atoms with van der Waals surface area (Å²) in [6.07, 6.45) is 5.37. The maximum Gasteiger partial charge on any atom is 0.242 e. The minimum atomic E-state index is -0.593. The fraction of sp³-hybridized carbons (Fsp3) is 0.263. The molecular weight excluding hydrogens is 314 g/mol. The lowest BCUT2D eigenvalue weighted by atomic mass is 9.85. The predicted molar refractivity (Wildman–Crippen MR) is 95.7 cm³/mol. The highest BCUT2D eigenvalue weighted by molar-refractivity contribution is 6.12. The number of nitrogens with zero attached hydrogens (tertiary/aromatic N) is 4. The molecule has 1 aliphatic heterocycles. The molecule has 0 radical (unpaired) electrons. The van der Waals surface area contributed by atoms with E-state index in [2.05, 4.69) is 19.9 Å². The summed E-state index contributed by atoms with van der Waals surface area (Å²) in [6, 6.07) is 6.04. The summed E-state index contributed by atoms with van der Waals surface area (Å²) in [5, 5.41) is 0. The topological polar surface area (TPSA) is 74.8 Å². The quantitative estimate of drug-likeness (QED) is 0.779. The number of nitrogens with one attached hydrogen (secondary N) is 1. The van der Waals surface area contributed by atoms with Crippen LogP contribution in [0.1, 0.15) is 31.1 Å². The third-order valence-electron chi connectivity index (χ3n) is 4.69. The second-order valence-corrected chi connectivity index (χ2v) is 6.86. The third kappa shape index (κ3) is 2.33. The molecular formula is C19H19N5O. The van der Waals surface area contributed by atoms with Gasteiger partial charge in [-0.1, -0.05) is 12.1 Å². The van der Waals surface area contributed by atoms with Crippen LogP contribution in [0.5, 0.6) is 0 Å². The van der Waals surface area contributed by atoms with Crippen LogP contribution < -0.4 is 4.90 Å². The number of imidazole rings is 1. The number of fused-ring (bicyclic) bond motifs is 1. The van der Waals surface area contributed by atoms with E-state index in [4.69, 9.17) is 0 Å². The van der Waals surface area contributed by atoms with E-state index in [1.165, 1.54) is 0 Å². The van der Waals surface area contributed by atoms with Gasteiger partial charge in [0.25, 0.3) is 0 Å². The van der Waals surface area contributed by atoms with Crippen molar-refractivity contribution in [1.29, 1.82) is 0 Å². The van der Waals surface area contributed by atoms with E-state index in [9.17, 15) is 4.79 Å². The van der Waals surface area contributed by atoms with Crippen molar-refractivity contribution >= 4 is 17.4 Å². The van der Waals surface area contributed by atoms with Crippen molar-refractivity contribution in [1.82, 2.24) is 19.9 Å². The van der Waals surface area contributed by atoms with Crippen LogP contribution in [0.4, 0.5) is 11.5 Å². The van der Waals surface area contributed by atoms with Crippen LogP contribution >= 0.6 is 0 Å². The highest BCUT2D eigenvalue weighted by Gasteiger charge is 2.45. The van der Waals surface area contributed by atoms with Crippen LogP contribution in [0, 0.1) is 13.8 Å². The molecule has 0 bridgehead atoms. The van der Waals surface area contributed by atoms with Gasteiger partial charge in [-0.25, -0.2) is 15.0 Å². The zero-order chi connectivity index (χ0) is 17.8. The van der Waals surface area contributed by atoms with Crippen molar-refractivity contribution < 1.29 is 4.79 Å². The Labute approximate surface area is 146 Å². The molecule has 2 aromatic heterocycles. The standard InChI is InChI=1S/C19H19N5O/c1-11-20-8-14(9-21-11)13-5-6-15-16(7-13)24(18(25)19(15,3)4)17-10-22-12(2)23-17/h5-10H,1-4H3,(H,22,23). The molecule has 0 saturated carbocycles. The van der Waals surface area contributed by atoms with Crippen molar-refractivity contribution in [2.24, 2.45) is 0 Å². The van der Waals surface area contributed by atoms with Gasteiger partial charge in [0, 0.05) is 24.2 Å². The van der Waals surface area contributed by atoms with Crippen LogP contribution in [0.2, 0.25) is 0 Å². The first-order valence-electron chi connectivity index (χ1n) is 8.18. The Morgan fingerprint density at radius 3 is 2.44 bits per heavy atom. The average molecular weight is 333 g/mol. The number of rotatable bonds is 2. The van der Waals surface area contributed by atoms with Crippen molar-refractivity contribution in [3.05, 3.63) is 54.0 Å². The lowest BCUT2D eigenvalue weighted by molar-refractivity contribution is -0.121. The van der Waals surface area contributed by atoms with Crippen molar-refractivity contribution in [3.8, 4) is 11.1 Å². The molecule has 126 valence electrons. The van der Waals surface area contributed by atoms with Gasteiger partial charge in [0.15, 0.2) is 5.82 Å². The second-order valence-electron chi connectivity index (χ2n) is 6.86. The third-order valence-corrected chi connectivity index (χ3v) is 4.69. The SMILES string of the molecule is Cc1ncc(-c2ccc3c(c2)N(c2c[nH]c(C)n2)C(=O)C3(C)C)cn1. The number of H-pyrrole nitrogens is 1. The van der Waals surface area contributed by atoms with E-state index in [0.717, 1.165) is 34.0 Å². The van der Waals surface area contributed by atoms with Gasteiger partial charge in [-0.2, -0.15) is 0 Å². The Morgan fingerprint density at radius 1 is 1.08 bits per heavy atom. The fourth-order valence-corrected chi connectivity index (χ4v) is 3.22. The van der Waals surface area contributed by atoms with Gasteiger partial charge in [-0.3, -0.25) is 9.69 Å². The molecule has 1 aromatic carbocycles. The number of benzene rings is 1. The number of carbonyl (C=O) groups excluding carboxylic acids is 1. The fourth-order valence-electron chi connectivity index (χ4n) is 3.22. The number of hydrogen-bond donors (Lipinski definition) is 1. The first-order chi connectivity index (χ1) is 11.9. The van der Waals surface area contributed by atoms with Gasteiger partial charge in [-0.15, -0.1) is 0 Å². The Bertz CT molecular complexity index is 972. The summed E-state index contributed by atoms with van der Waals surface area (Å²) >= 11 is 0. The Balaban J connectivity index is 1.88. The van der Waals surface area contributed by atoms with Crippen molar-refractivity contribution in [2.75, 3.05) is 4.90 Å². The van der Waals surface area contributed by atoms with E-state index in [1.54, 1.807) is 23.5 Å². The van der Waals surface area contributed by atoms with Gasteiger partial charge < -0.3 is 4.98 Å². The summed E-state index contributed by atoms with van der Waals surface area (Å²) in [5.74, 6) is 2.14. The summed E-state index contributed by atoms with van der Waals surface area (Å²) in [5.41, 5.74) is 3.16. The number of hydrogen-bond acceptors (Lipinski definition) is 4. The van der Waals surface area contributed by atoms with Gasteiger partial charge in [0.2, 0.25) is 5.91 Å². The van der Waals surface area contributed by atoms with E-state index >= 15 is 0 Å². The molecule has 6 nitrogen and oxygen atoms in total. The van der Waals surface area contributed by atoms with E-state index in [1.807, 2.05) is 45.9 Å². The maximum absolute atomic E-state index is 13.0. The number of aromatic nitrogens is 4. The van der Waals surface area contributed by atoms with Crippen LogP contribution in [-0.2, 0) is 10.2 Å². The normalized spacial score (nSPS) is 15.5. The smallest absolute Gasteiger partial charge is 0.242 e. The Morgan fingerprint density at radius 2 is 1.80 bits per heavy atom. The predicted octanol–water partition coefficient (Wildman–Crippen LogP) is 3.44. The van der Waals surface area contributed by atoms with Gasteiger partial charge in [-0.05, 0) is 44.9 Å². The molecule has 25 heavy (non-hydrogen) atoms. The molecule has 1 N–H and O–H groups in total. The molecule has 6 heteroatoms. The van der Waals surface area contributed by atoms with Crippen LogP contribution in [0.25, 0.3) is 11.1 Å². The van der Waals surface area contributed by atoms with E-state index < -0.39 is 5.41 Å². The zero-order valence-corrected chi connectivity index (χ0v) is 14.7. The largest absolute Gasteiger partial charge is 0.347 e. The van der Waals surface area contributed by atoms with Crippen molar-refractivity contribution in [3.63, 3.8) is 0 Å². The van der Waals surface area contributed by atoms with Crippen LogP contribution in [-0.4, -0.2) is 25.8 Å². The lowest BCUT2D eigenvalue weighted by Gasteiger charge is -2.18. The monoisotopic (exact) mass is 333 g/mol. The van der Waals surface area contributed by atoms with E-state index in [-0.39, 0.29) is 5.91 Å². The van der Waals surface area contributed by atoms with Crippen LogP contribution in [0.15, 0.2) is 36.8 Å². The highest BCUT2D eigenvalue weighted by atomic mass is 16.2. The van der Waals surface area contributed by atoms with Gasteiger partial charge in [0.1, 0.15) is 11.6 Å². The zero-order valence-electron chi connectivity index (χ0n) is 14.7. The minimum absolute atomic E-state index is 0.0197. The number of carbonyl (C=O) groups is 1. The Kier molecular flexibility index (Phi) is 3.25. The molecule has 1 aliphatic rings. The van der Waals surface area contributed by atoms with Crippen molar-refractivity contribution in [2.45, 2.75) is 33.1 Å². The highest BCUT2D eigenvalue weighted by Crippen LogP contribution is 2.46. The summed E-state index contributed by atoms with van der Waals surface area (Å²) < 4.78 is 0. The molecule has 0 atom stereocenters. The molecule has 0 aliphatic carbocycles. The van der Waals surface area contributed by atoms with Gasteiger partial charge >= 0.3 is 0 Å². The molecule has 0 unspecified atom stereocenters. The molecule has 4 rings (SSSR count). The number of aromatic amines is 1. The molecule has 1 amide bonds. The molecule has 0 saturated heterocycles. The molecule has 0 fully saturated rings. The lowest BCUT2D eigenvalue weighted by Crippen LogP contribution is -2.33.